The third-order valence-electron chi connectivity index (χ3n) is 2.52. The fourth-order valence-electron chi connectivity index (χ4n) is 1.45. The van der Waals surface area contributed by atoms with Gasteiger partial charge in [-0.25, -0.2) is 0 Å². The van der Waals surface area contributed by atoms with Gasteiger partial charge in [-0.05, 0) is 30.7 Å². The first-order valence-corrected chi connectivity index (χ1v) is 8.05. The molecule has 1 radical (unpaired) electrons. The van der Waals surface area contributed by atoms with Gasteiger partial charge >= 0.3 is 0 Å². The normalized spacial score (nSPS) is 20.9. The molecule has 107 valence electrons. The van der Waals surface area contributed by atoms with Crippen LogP contribution in [-0.2, 0) is 10.1 Å². The van der Waals surface area contributed by atoms with Crippen molar-refractivity contribution in [3.05, 3.63) is 29.8 Å². The van der Waals surface area contributed by atoms with E-state index in [1.54, 1.807) is 0 Å². The molecule has 0 saturated carbocycles. The summed E-state index contributed by atoms with van der Waals surface area (Å²) in [6.45, 7) is 1.99. The van der Waals surface area contributed by atoms with E-state index in [1.807, 2.05) is 6.92 Å². The van der Waals surface area contributed by atoms with Crippen molar-refractivity contribution in [2.75, 3.05) is 0 Å². The van der Waals surface area contributed by atoms with Gasteiger partial charge in [0.25, 0.3) is 16.0 Å². The van der Waals surface area contributed by atoms with E-state index >= 15 is 0 Å². The van der Waals surface area contributed by atoms with Crippen LogP contribution in [0.1, 0.15) is 23.7 Å². The number of carbonyl (C=O) groups excluding carboxylic acids is 1. The van der Waals surface area contributed by atoms with Crippen molar-refractivity contribution >= 4 is 33.0 Å². The van der Waals surface area contributed by atoms with Gasteiger partial charge in [0, 0.05) is 5.56 Å². The number of amidine groups is 1. The molecule has 1 aliphatic rings. The quantitative estimate of drug-likeness (QED) is 0.806. The Hall–Kier alpha value is -1.42. The highest BCUT2D eigenvalue weighted by atomic mass is 32.2. The molecular formula is C11H12N3O4S2. The molecule has 1 aromatic carbocycles. The first-order valence-electron chi connectivity index (χ1n) is 5.73. The lowest BCUT2D eigenvalue weighted by Gasteiger charge is -1.99. The Balaban J connectivity index is 2.13. The molecule has 1 saturated heterocycles. The summed E-state index contributed by atoms with van der Waals surface area (Å²) in [6.07, 6.45) is 0.852. The first-order chi connectivity index (χ1) is 9.40. The van der Waals surface area contributed by atoms with Gasteiger partial charge in [-0.3, -0.25) is 9.35 Å². The van der Waals surface area contributed by atoms with Gasteiger partial charge in [0.05, 0.1) is 10.3 Å². The second-order valence-electron chi connectivity index (χ2n) is 3.95. The third-order valence-corrected chi connectivity index (χ3v) is 4.50. The first kappa shape index (κ1) is 15.0. The number of nitrogens with zero attached hydrogens (tertiary/aromatic N) is 2. The monoisotopic (exact) mass is 314 g/mol. The average Bonchev–Trinajstić information content (AvgIpc) is 2.85. The number of aliphatic imine (C=N–C) groups is 1. The Morgan fingerprint density at radius 3 is 2.60 bits per heavy atom. The standard InChI is InChI=1S/C11H12N3O4S2/c1-2-9-13-14-11(19-9)12-10(15)7-3-5-8(6-4-7)20(16,17)18/h3-6,9,13H,2H2,1H3,(H,16,17,18). The number of thioether (sulfide) groups is 1. The molecule has 20 heavy (non-hydrogen) atoms. The zero-order chi connectivity index (χ0) is 14.8. The zero-order valence-electron chi connectivity index (χ0n) is 10.5. The topological polar surface area (TPSA) is 110 Å². The highest BCUT2D eigenvalue weighted by molar-refractivity contribution is 8.14. The summed E-state index contributed by atoms with van der Waals surface area (Å²) in [7, 11) is -4.26. The molecule has 1 fully saturated rings. The van der Waals surface area contributed by atoms with Crippen molar-refractivity contribution in [3.63, 3.8) is 0 Å². The van der Waals surface area contributed by atoms with Crippen LogP contribution in [0.3, 0.4) is 0 Å². The SMILES string of the molecule is CCC1N[N]C(=NC(=O)c2ccc(S(=O)(=O)O)cc2)S1. The minimum Gasteiger partial charge on any atom is -0.282 e. The lowest BCUT2D eigenvalue weighted by atomic mass is 10.2. The molecule has 0 spiro atoms. The van der Waals surface area contributed by atoms with E-state index in [1.165, 1.54) is 23.9 Å². The van der Waals surface area contributed by atoms with Crippen molar-refractivity contribution in [3.8, 4) is 0 Å². The summed E-state index contributed by atoms with van der Waals surface area (Å²) >= 11 is 1.36. The Bertz CT molecular complexity index is 640. The van der Waals surface area contributed by atoms with Crippen LogP contribution in [0.5, 0.6) is 0 Å². The van der Waals surface area contributed by atoms with Crippen LogP contribution in [-0.4, -0.2) is 29.4 Å². The number of rotatable bonds is 3. The van der Waals surface area contributed by atoms with Crippen molar-refractivity contribution < 1.29 is 17.8 Å². The van der Waals surface area contributed by atoms with Crippen LogP contribution in [0, 0.1) is 0 Å². The lowest BCUT2D eigenvalue weighted by molar-refractivity contribution is 0.100. The molecule has 1 aliphatic heterocycles. The van der Waals surface area contributed by atoms with E-state index in [9.17, 15) is 13.2 Å². The molecular weight excluding hydrogens is 302 g/mol. The van der Waals surface area contributed by atoms with E-state index < -0.39 is 16.0 Å². The highest BCUT2D eigenvalue weighted by Gasteiger charge is 2.21. The zero-order valence-corrected chi connectivity index (χ0v) is 12.1. The minimum atomic E-state index is -4.26. The number of hydrogen-bond acceptors (Lipinski definition) is 5. The highest BCUT2D eigenvalue weighted by Crippen LogP contribution is 2.19. The Morgan fingerprint density at radius 2 is 2.10 bits per heavy atom. The van der Waals surface area contributed by atoms with Crippen LogP contribution >= 0.6 is 11.8 Å². The van der Waals surface area contributed by atoms with Crippen molar-refractivity contribution in [2.24, 2.45) is 4.99 Å². The summed E-state index contributed by atoms with van der Waals surface area (Å²) in [5.41, 5.74) is 6.97. The Kier molecular flexibility index (Phi) is 4.43. The van der Waals surface area contributed by atoms with Crippen LogP contribution < -0.4 is 10.9 Å². The summed E-state index contributed by atoms with van der Waals surface area (Å²) in [6, 6.07) is 4.88. The van der Waals surface area contributed by atoms with Gasteiger partial charge in [0.2, 0.25) is 5.17 Å². The number of amides is 1. The van der Waals surface area contributed by atoms with E-state index in [-0.39, 0.29) is 15.8 Å². The fourth-order valence-corrected chi connectivity index (χ4v) is 2.70. The molecule has 2 N–H and O–H groups in total. The van der Waals surface area contributed by atoms with Gasteiger partial charge in [-0.15, -0.1) is 0 Å². The van der Waals surface area contributed by atoms with E-state index in [4.69, 9.17) is 4.55 Å². The minimum absolute atomic E-state index is 0.114. The lowest BCUT2D eigenvalue weighted by Crippen LogP contribution is -2.24. The molecule has 0 aromatic heterocycles. The van der Waals surface area contributed by atoms with Gasteiger partial charge in [0.15, 0.2) is 0 Å². The Labute approximate surface area is 120 Å². The van der Waals surface area contributed by atoms with Crippen LogP contribution in [0.25, 0.3) is 0 Å². The second-order valence-corrected chi connectivity index (χ2v) is 6.55. The molecule has 1 atom stereocenters. The third kappa shape index (κ3) is 3.57. The number of benzene rings is 1. The number of nitrogens with one attached hydrogen (secondary N) is 1. The van der Waals surface area contributed by atoms with Gasteiger partial charge in [0.1, 0.15) is 0 Å². The smallest absolute Gasteiger partial charge is 0.282 e. The van der Waals surface area contributed by atoms with Crippen molar-refractivity contribution in [1.82, 2.24) is 10.9 Å². The predicted octanol–water partition coefficient (Wildman–Crippen LogP) is 1.02. The van der Waals surface area contributed by atoms with E-state index in [0.29, 0.717) is 5.17 Å². The maximum atomic E-state index is 11.9. The summed E-state index contributed by atoms with van der Waals surface area (Å²) in [5.74, 6) is -0.517. The molecule has 7 nitrogen and oxygen atoms in total. The molecule has 1 aromatic rings. The maximum absolute atomic E-state index is 11.9. The van der Waals surface area contributed by atoms with Crippen LogP contribution in [0.15, 0.2) is 34.2 Å². The van der Waals surface area contributed by atoms with Crippen LogP contribution in [0.2, 0.25) is 0 Å². The van der Waals surface area contributed by atoms with Crippen molar-refractivity contribution in [2.45, 2.75) is 23.6 Å². The second kappa shape index (κ2) is 5.92. The van der Waals surface area contributed by atoms with Crippen LogP contribution in [0.4, 0.5) is 0 Å². The summed E-state index contributed by atoms with van der Waals surface area (Å²) < 4.78 is 30.6. The van der Waals surface area contributed by atoms with Crippen molar-refractivity contribution in [1.29, 1.82) is 0 Å². The van der Waals surface area contributed by atoms with Gasteiger partial charge in [-0.1, -0.05) is 18.7 Å². The maximum Gasteiger partial charge on any atom is 0.294 e. The Morgan fingerprint density at radius 1 is 1.45 bits per heavy atom. The molecule has 1 unspecified atom stereocenters. The summed E-state index contributed by atoms with van der Waals surface area (Å²) in [5, 5.41) is 0.462. The number of hydrogen-bond donors (Lipinski definition) is 2. The molecule has 0 bridgehead atoms. The number of carbonyl (C=O) groups is 1. The molecule has 1 amide bonds. The summed E-state index contributed by atoms with van der Waals surface area (Å²) in [4.78, 5) is 15.4. The molecule has 0 aliphatic carbocycles. The van der Waals surface area contributed by atoms with Gasteiger partial charge in [-0.2, -0.15) is 24.3 Å². The molecule has 9 heteroatoms. The van der Waals surface area contributed by atoms with E-state index in [2.05, 4.69) is 15.8 Å². The fraction of sp³-hybridized carbons (Fsp3) is 0.273. The van der Waals surface area contributed by atoms with E-state index in [0.717, 1.165) is 18.6 Å². The predicted molar refractivity (Wildman–Crippen MR) is 75.0 cm³/mol. The van der Waals surface area contributed by atoms with Gasteiger partial charge < -0.3 is 0 Å². The molecule has 1 heterocycles. The largest absolute Gasteiger partial charge is 0.294 e. The average molecular weight is 314 g/mol. The molecule has 2 rings (SSSR count).